The number of aromatic amines is 1. The van der Waals surface area contributed by atoms with Crippen LogP contribution >= 0.6 is 0 Å². The minimum absolute atomic E-state index is 0.166. The molecule has 2 heterocycles. The number of carboxylic acids is 1. The fourth-order valence-corrected chi connectivity index (χ4v) is 4.15. The second kappa shape index (κ2) is 6.43. The minimum Gasteiger partial charge on any atom is -0.480 e. The van der Waals surface area contributed by atoms with Gasteiger partial charge in [0.2, 0.25) is 0 Å². The highest BCUT2D eigenvalue weighted by Gasteiger charge is 2.37. The molecule has 2 amide bonds. The number of amides is 2. The third-order valence-corrected chi connectivity index (χ3v) is 5.48. The van der Waals surface area contributed by atoms with Crippen LogP contribution in [0.1, 0.15) is 43.4 Å². The Hall–Kier alpha value is -2.50. The average molecular weight is 341 g/mol. The summed E-state index contributed by atoms with van der Waals surface area (Å²) in [6, 6.07) is 6.97. The molecular formula is C19H23N3O3. The molecule has 3 N–H and O–H groups in total. The summed E-state index contributed by atoms with van der Waals surface area (Å²) in [7, 11) is 0. The number of rotatable bonds is 2. The van der Waals surface area contributed by atoms with Crippen molar-refractivity contribution >= 4 is 22.9 Å². The van der Waals surface area contributed by atoms with Crippen LogP contribution in [0.15, 0.2) is 24.3 Å². The van der Waals surface area contributed by atoms with Gasteiger partial charge in [-0.2, -0.15) is 0 Å². The van der Waals surface area contributed by atoms with Gasteiger partial charge in [0.25, 0.3) is 0 Å². The zero-order valence-corrected chi connectivity index (χ0v) is 14.1. The molecule has 4 rings (SSSR count). The number of hydrogen-bond donors (Lipinski definition) is 3. The predicted octanol–water partition coefficient (Wildman–Crippen LogP) is 3.02. The van der Waals surface area contributed by atoms with Crippen molar-refractivity contribution < 1.29 is 14.7 Å². The number of aliphatic carboxylic acids is 1. The molecule has 1 unspecified atom stereocenters. The first-order chi connectivity index (χ1) is 12.1. The molecule has 0 bridgehead atoms. The molecule has 2 aromatic rings. The predicted molar refractivity (Wildman–Crippen MR) is 94.4 cm³/mol. The quantitative estimate of drug-likeness (QED) is 0.785. The number of hydrogen-bond acceptors (Lipinski definition) is 2. The maximum atomic E-state index is 12.7. The Bertz CT molecular complexity index is 807. The van der Waals surface area contributed by atoms with E-state index in [9.17, 15) is 14.7 Å². The number of nitrogens with one attached hydrogen (secondary N) is 2. The standard InChI is InChI=1S/C19H23N3O3/c23-18(24)17-10-14-13-8-4-5-9-15(13)21-16(14)11-22(17)19(25)20-12-6-2-1-3-7-12/h4-5,8-9,12,17,21H,1-3,6-7,10-11H2,(H,20,25)(H,23,24). The van der Waals surface area contributed by atoms with Crippen LogP contribution in [0.2, 0.25) is 0 Å². The summed E-state index contributed by atoms with van der Waals surface area (Å²) in [5.74, 6) is -0.949. The van der Waals surface area contributed by atoms with Gasteiger partial charge in [0.1, 0.15) is 6.04 Å². The molecule has 1 aliphatic carbocycles. The third-order valence-electron chi connectivity index (χ3n) is 5.48. The van der Waals surface area contributed by atoms with E-state index in [4.69, 9.17) is 0 Å². The molecule has 25 heavy (non-hydrogen) atoms. The summed E-state index contributed by atoms with van der Waals surface area (Å²) in [4.78, 5) is 29.4. The van der Waals surface area contributed by atoms with Crippen molar-refractivity contribution in [1.29, 1.82) is 0 Å². The van der Waals surface area contributed by atoms with Crippen LogP contribution in [0, 0.1) is 0 Å². The lowest BCUT2D eigenvalue weighted by Gasteiger charge is -2.35. The molecule has 1 fully saturated rings. The first-order valence-corrected chi connectivity index (χ1v) is 9.02. The second-order valence-corrected chi connectivity index (χ2v) is 7.10. The number of para-hydroxylation sites is 1. The summed E-state index contributed by atoms with van der Waals surface area (Å²) in [5, 5.41) is 13.8. The molecular weight excluding hydrogens is 318 g/mol. The lowest BCUT2D eigenvalue weighted by molar-refractivity contribution is -0.142. The third kappa shape index (κ3) is 2.97. The number of H-pyrrole nitrogens is 1. The number of aromatic nitrogens is 1. The number of carbonyl (C=O) groups excluding carboxylic acids is 1. The van der Waals surface area contributed by atoms with Gasteiger partial charge >= 0.3 is 12.0 Å². The molecule has 1 aromatic carbocycles. The zero-order chi connectivity index (χ0) is 17.4. The van der Waals surface area contributed by atoms with Gasteiger partial charge in [0.05, 0.1) is 6.54 Å². The highest BCUT2D eigenvalue weighted by molar-refractivity contribution is 5.89. The highest BCUT2D eigenvalue weighted by Crippen LogP contribution is 2.30. The van der Waals surface area contributed by atoms with E-state index in [0.29, 0.717) is 13.0 Å². The Morgan fingerprint density at radius 1 is 1.16 bits per heavy atom. The Balaban J connectivity index is 1.60. The Morgan fingerprint density at radius 3 is 2.68 bits per heavy atom. The number of carboxylic acid groups (broad SMARTS) is 1. The second-order valence-electron chi connectivity index (χ2n) is 7.10. The maximum Gasteiger partial charge on any atom is 0.326 e. The Kier molecular flexibility index (Phi) is 4.11. The lowest BCUT2D eigenvalue weighted by atomic mass is 9.95. The largest absolute Gasteiger partial charge is 0.480 e. The molecule has 2 aliphatic rings. The topological polar surface area (TPSA) is 85.4 Å². The van der Waals surface area contributed by atoms with Crippen molar-refractivity contribution in [1.82, 2.24) is 15.2 Å². The summed E-state index contributed by atoms with van der Waals surface area (Å²) in [6.07, 6.45) is 5.77. The van der Waals surface area contributed by atoms with Gasteiger partial charge in [0, 0.05) is 29.1 Å². The van der Waals surface area contributed by atoms with E-state index >= 15 is 0 Å². The van der Waals surface area contributed by atoms with Gasteiger partial charge < -0.3 is 20.3 Å². The summed E-state index contributed by atoms with van der Waals surface area (Å²) in [6.45, 7) is 0.305. The number of benzene rings is 1. The SMILES string of the molecule is O=C(O)C1Cc2c([nH]c3ccccc23)CN1C(=O)NC1CCCCC1. The van der Waals surface area contributed by atoms with Gasteiger partial charge in [-0.1, -0.05) is 37.5 Å². The molecule has 6 heteroatoms. The first-order valence-electron chi connectivity index (χ1n) is 9.02. The number of nitrogens with zero attached hydrogens (tertiary/aromatic N) is 1. The molecule has 1 atom stereocenters. The monoisotopic (exact) mass is 341 g/mol. The molecule has 0 saturated heterocycles. The molecule has 0 spiro atoms. The molecule has 0 radical (unpaired) electrons. The van der Waals surface area contributed by atoms with E-state index in [1.54, 1.807) is 0 Å². The molecule has 6 nitrogen and oxygen atoms in total. The molecule has 1 aliphatic heterocycles. The van der Waals surface area contributed by atoms with E-state index in [2.05, 4.69) is 10.3 Å². The van der Waals surface area contributed by atoms with Crippen LogP contribution in [0.3, 0.4) is 0 Å². The van der Waals surface area contributed by atoms with Gasteiger partial charge in [-0.05, 0) is 24.5 Å². The van der Waals surface area contributed by atoms with Crippen molar-refractivity contribution in [3.05, 3.63) is 35.5 Å². The van der Waals surface area contributed by atoms with Crippen LogP contribution in [0.4, 0.5) is 4.79 Å². The van der Waals surface area contributed by atoms with Crippen LogP contribution in [-0.4, -0.2) is 39.1 Å². The zero-order valence-electron chi connectivity index (χ0n) is 14.1. The van der Waals surface area contributed by atoms with Crippen LogP contribution in [-0.2, 0) is 17.8 Å². The van der Waals surface area contributed by atoms with Crippen LogP contribution in [0.25, 0.3) is 10.9 Å². The van der Waals surface area contributed by atoms with Gasteiger partial charge in [-0.3, -0.25) is 0 Å². The minimum atomic E-state index is -0.949. The molecule has 1 aromatic heterocycles. The van der Waals surface area contributed by atoms with Crippen molar-refractivity contribution in [2.24, 2.45) is 0 Å². The average Bonchev–Trinajstić information content (AvgIpc) is 2.99. The number of urea groups is 1. The van der Waals surface area contributed by atoms with E-state index in [1.165, 1.54) is 11.3 Å². The van der Waals surface area contributed by atoms with Crippen LogP contribution < -0.4 is 5.32 Å². The lowest BCUT2D eigenvalue weighted by Crippen LogP contribution is -2.54. The fraction of sp³-hybridized carbons (Fsp3) is 0.474. The van der Waals surface area contributed by atoms with Crippen molar-refractivity contribution in [3.8, 4) is 0 Å². The molecule has 132 valence electrons. The van der Waals surface area contributed by atoms with Gasteiger partial charge in [-0.15, -0.1) is 0 Å². The van der Waals surface area contributed by atoms with Gasteiger partial charge in [-0.25, -0.2) is 9.59 Å². The van der Waals surface area contributed by atoms with Crippen LogP contribution in [0.5, 0.6) is 0 Å². The van der Waals surface area contributed by atoms with E-state index in [-0.39, 0.29) is 12.1 Å². The normalized spacial score (nSPS) is 21.1. The number of fused-ring (bicyclic) bond motifs is 3. The first kappa shape index (κ1) is 16.0. The molecule has 1 saturated carbocycles. The summed E-state index contributed by atoms with van der Waals surface area (Å²) in [5.41, 5.74) is 2.95. The highest BCUT2D eigenvalue weighted by atomic mass is 16.4. The Morgan fingerprint density at radius 2 is 1.92 bits per heavy atom. The summed E-state index contributed by atoms with van der Waals surface area (Å²) >= 11 is 0. The van der Waals surface area contributed by atoms with Crippen molar-refractivity contribution in [2.45, 2.75) is 57.2 Å². The summed E-state index contributed by atoms with van der Waals surface area (Å²) < 4.78 is 0. The smallest absolute Gasteiger partial charge is 0.326 e. The van der Waals surface area contributed by atoms with Crippen molar-refractivity contribution in [3.63, 3.8) is 0 Å². The van der Waals surface area contributed by atoms with Gasteiger partial charge in [0.15, 0.2) is 0 Å². The van der Waals surface area contributed by atoms with E-state index < -0.39 is 12.0 Å². The van der Waals surface area contributed by atoms with Crippen molar-refractivity contribution in [2.75, 3.05) is 0 Å². The fourth-order valence-electron chi connectivity index (χ4n) is 4.15. The maximum absolute atomic E-state index is 12.7. The van der Waals surface area contributed by atoms with E-state index in [1.807, 2.05) is 24.3 Å². The van der Waals surface area contributed by atoms with E-state index in [0.717, 1.165) is 47.8 Å². The Labute approximate surface area is 146 Å². The number of carbonyl (C=O) groups is 2.